The number of rotatable bonds is 3. The summed E-state index contributed by atoms with van der Waals surface area (Å²) in [7, 11) is 0. The van der Waals surface area contributed by atoms with Gasteiger partial charge in [0, 0.05) is 18.0 Å². The summed E-state index contributed by atoms with van der Waals surface area (Å²) in [5.41, 5.74) is 3.59. The van der Waals surface area contributed by atoms with Crippen LogP contribution in [0.2, 0.25) is 5.02 Å². The lowest BCUT2D eigenvalue weighted by Gasteiger charge is -2.45. The van der Waals surface area contributed by atoms with E-state index in [0.717, 1.165) is 47.3 Å². The first-order valence-electron chi connectivity index (χ1n) is 10.5. The first-order valence-corrected chi connectivity index (χ1v) is 10.8. The molecule has 0 amide bonds. The number of hydrogen-bond donors (Lipinski definition) is 3. The highest BCUT2D eigenvalue weighted by Gasteiger charge is 2.35. The molecular formula is C23H22ClN5O. The Labute approximate surface area is 178 Å². The molecule has 5 heterocycles. The van der Waals surface area contributed by atoms with Crippen molar-refractivity contribution in [2.75, 3.05) is 25.0 Å². The molecule has 0 saturated carbocycles. The summed E-state index contributed by atoms with van der Waals surface area (Å²) in [6.07, 6.45) is 2.37. The number of fused-ring (bicyclic) bond motifs is 5. The molecule has 6 nitrogen and oxygen atoms in total. The van der Waals surface area contributed by atoms with Gasteiger partial charge in [-0.3, -0.25) is 4.79 Å². The normalized spacial score (nSPS) is 23.3. The lowest BCUT2D eigenvalue weighted by molar-refractivity contribution is 0.0976. The molecule has 0 aliphatic carbocycles. The average molecular weight is 420 g/mol. The maximum Gasteiger partial charge on any atom is 0.261 e. The van der Waals surface area contributed by atoms with Gasteiger partial charge in [-0.05, 0) is 56.1 Å². The number of nitrogens with one attached hydrogen (secondary N) is 3. The molecule has 7 rings (SSSR count). The van der Waals surface area contributed by atoms with E-state index in [0.29, 0.717) is 22.3 Å². The zero-order chi connectivity index (χ0) is 20.2. The van der Waals surface area contributed by atoms with Crippen LogP contribution in [0.3, 0.4) is 0 Å². The van der Waals surface area contributed by atoms with Crippen molar-refractivity contribution in [2.24, 2.45) is 5.92 Å². The molecule has 0 unspecified atom stereocenters. The Hall–Kier alpha value is -2.83. The molecule has 2 bridgehead atoms. The van der Waals surface area contributed by atoms with Crippen molar-refractivity contribution in [1.82, 2.24) is 19.9 Å². The molecule has 3 aliphatic rings. The van der Waals surface area contributed by atoms with E-state index in [1.54, 1.807) is 0 Å². The molecule has 1 atom stereocenters. The Morgan fingerprint density at radius 2 is 1.83 bits per heavy atom. The number of aromatic nitrogens is 3. The molecule has 3 N–H and O–H groups in total. The molecule has 152 valence electrons. The van der Waals surface area contributed by atoms with Crippen LogP contribution in [0.1, 0.15) is 12.8 Å². The first kappa shape index (κ1) is 18.0. The Morgan fingerprint density at radius 3 is 2.60 bits per heavy atom. The molecule has 30 heavy (non-hydrogen) atoms. The van der Waals surface area contributed by atoms with Crippen LogP contribution in [-0.4, -0.2) is 45.5 Å². The Morgan fingerprint density at radius 1 is 1.03 bits per heavy atom. The number of hydrogen-bond acceptors (Lipinski definition) is 4. The van der Waals surface area contributed by atoms with Crippen LogP contribution >= 0.6 is 11.6 Å². The molecule has 4 aromatic rings. The van der Waals surface area contributed by atoms with E-state index in [1.165, 1.54) is 12.8 Å². The van der Waals surface area contributed by atoms with Crippen LogP contribution in [-0.2, 0) is 0 Å². The summed E-state index contributed by atoms with van der Waals surface area (Å²) in [5.74, 6) is 1.17. The van der Waals surface area contributed by atoms with Gasteiger partial charge in [0.2, 0.25) is 0 Å². The smallest absolute Gasteiger partial charge is 0.261 e. The standard InChI is InChI=1S/C23H22ClN5O/c24-14-4-3-7-17-19(14)21(25-18-12-29-10-8-13(18)9-11-29)20(23(30)28-17)22-26-15-5-1-2-6-16(15)27-22/h1-7,13,18H,8-12H2,(H,26,27)(H2,25,28,30)/t18-/m1/s1. The summed E-state index contributed by atoms with van der Waals surface area (Å²) in [5, 5.41) is 5.20. The van der Waals surface area contributed by atoms with Gasteiger partial charge in [-0.2, -0.15) is 0 Å². The third kappa shape index (κ3) is 2.82. The highest BCUT2D eigenvalue weighted by atomic mass is 35.5. The maximum atomic E-state index is 13.2. The predicted octanol–water partition coefficient (Wildman–Crippen LogP) is 4.23. The fraction of sp³-hybridized carbons (Fsp3) is 0.304. The van der Waals surface area contributed by atoms with E-state index >= 15 is 0 Å². The molecule has 7 heteroatoms. The maximum absolute atomic E-state index is 13.2. The molecule has 0 spiro atoms. The minimum Gasteiger partial charge on any atom is -0.379 e. The Balaban J connectivity index is 1.58. The van der Waals surface area contributed by atoms with E-state index in [9.17, 15) is 4.79 Å². The van der Waals surface area contributed by atoms with E-state index in [-0.39, 0.29) is 11.6 Å². The van der Waals surface area contributed by atoms with Crippen molar-refractivity contribution in [3.63, 3.8) is 0 Å². The fourth-order valence-electron chi connectivity index (χ4n) is 5.06. The number of benzene rings is 2. The van der Waals surface area contributed by atoms with Gasteiger partial charge in [0.25, 0.3) is 5.56 Å². The summed E-state index contributed by atoms with van der Waals surface area (Å²) in [4.78, 5) is 26.8. The molecule has 0 radical (unpaired) electrons. The highest BCUT2D eigenvalue weighted by Crippen LogP contribution is 2.38. The molecular weight excluding hydrogens is 398 g/mol. The van der Waals surface area contributed by atoms with Crippen molar-refractivity contribution in [3.8, 4) is 11.4 Å². The van der Waals surface area contributed by atoms with Gasteiger partial charge in [-0.25, -0.2) is 4.98 Å². The van der Waals surface area contributed by atoms with Crippen molar-refractivity contribution in [3.05, 3.63) is 57.8 Å². The topological polar surface area (TPSA) is 76.8 Å². The minimum absolute atomic E-state index is 0.174. The van der Waals surface area contributed by atoms with Crippen LogP contribution in [0.15, 0.2) is 47.3 Å². The van der Waals surface area contributed by atoms with Gasteiger partial charge in [0.05, 0.1) is 27.3 Å². The SMILES string of the molecule is O=c1[nH]c2cccc(Cl)c2c(N[C@@H]2CN3CCC2CC3)c1-c1nc2ccccc2[nH]1. The van der Waals surface area contributed by atoms with Crippen molar-refractivity contribution in [2.45, 2.75) is 18.9 Å². The minimum atomic E-state index is -0.174. The zero-order valence-corrected chi connectivity index (χ0v) is 17.2. The summed E-state index contributed by atoms with van der Waals surface area (Å²) < 4.78 is 0. The van der Waals surface area contributed by atoms with E-state index in [1.807, 2.05) is 42.5 Å². The lowest BCUT2D eigenvalue weighted by Crippen LogP contribution is -2.53. The molecule has 2 aromatic carbocycles. The van der Waals surface area contributed by atoms with Crippen LogP contribution < -0.4 is 10.9 Å². The van der Waals surface area contributed by atoms with Gasteiger partial charge in [-0.15, -0.1) is 0 Å². The van der Waals surface area contributed by atoms with E-state index in [2.05, 4.69) is 20.2 Å². The van der Waals surface area contributed by atoms with Gasteiger partial charge >= 0.3 is 0 Å². The van der Waals surface area contributed by atoms with E-state index in [4.69, 9.17) is 16.6 Å². The predicted molar refractivity (Wildman–Crippen MR) is 121 cm³/mol. The lowest BCUT2D eigenvalue weighted by atomic mass is 9.83. The van der Waals surface area contributed by atoms with Crippen molar-refractivity contribution in [1.29, 1.82) is 0 Å². The number of para-hydroxylation sites is 2. The Kier molecular flexibility index (Phi) is 4.11. The van der Waals surface area contributed by atoms with E-state index < -0.39 is 0 Å². The van der Waals surface area contributed by atoms with Gasteiger partial charge in [0.1, 0.15) is 11.4 Å². The molecule has 2 aromatic heterocycles. The van der Waals surface area contributed by atoms with Crippen LogP contribution in [0, 0.1) is 5.92 Å². The Bertz CT molecular complexity index is 1290. The third-order valence-corrected chi connectivity index (χ3v) is 6.92. The van der Waals surface area contributed by atoms with Crippen LogP contribution in [0.5, 0.6) is 0 Å². The van der Waals surface area contributed by atoms with Gasteiger partial charge in [-0.1, -0.05) is 29.8 Å². The monoisotopic (exact) mass is 419 g/mol. The number of nitrogens with zero attached hydrogens (tertiary/aromatic N) is 2. The second-order valence-electron chi connectivity index (χ2n) is 8.36. The highest BCUT2D eigenvalue weighted by molar-refractivity contribution is 6.36. The summed E-state index contributed by atoms with van der Waals surface area (Å²) in [6, 6.07) is 13.7. The average Bonchev–Trinajstić information content (AvgIpc) is 3.18. The number of H-pyrrole nitrogens is 2. The van der Waals surface area contributed by atoms with Crippen molar-refractivity contribution >= 4 is 39.2 Å². The largest absolute Gasteiger partial charge is 0.379 e. The number of anilines is 1. The number of imidazole rings is 1. The van der Waals surface area contributed by atoms with Gasteiger partial charge < -0.3 is 20.2 Å². The number of halogens is 1. The molecule has 3 fully saturated rings. The molecule has 3 saturated heterocycles. The number of pyridine rings is 1. The van der Waals surface area contributed by atoms with Crippen LogP contribution in [0.4, 0.5) is 5.69 Å². The van der Waals surface area contributed by atoms with Crippen LogP contribution in [0.25, 0.3) is 33.3 Å². The first-order chi connectivity index (χ1) is 14.7. The third-order valence-electron chi connectivity index (χ3n) is 6.60. The van der Waals surface area contributed by atoms with Gasteiger partial charge in [0.15, 0.2) is 0 Å². The molecule has 3 aliphatic heterocycles. The van der Waals surface area contributed by atoms with Crippen molar-refractivity contribution < 1.29 is 0 Å². The zero-order valence-electron chi connectivity index (χ0n) is 16.4. The second kappa shape index (κ2) is 6.86. The number of piperidine rings is 3. The number of aromatic amines is 2. The summed E-state index contributed by atoms with van der Waals surface area (Å²) >= 11 is 6.65. The fourth-order valence-corrected chi connectivity index (χ4v) is 5.33. The quantitative estimate of drug-likeness (QED) is 0.464. The summed E-state index contributed by atoms with van der Waals surface area (Å²) in [6.45, 7) is 3.31. The second-order valence-corrected chi connectivity index (χ2v) is 8.77.